The van der Waals surface area contributed by atoms with Gasteiger partial charge in [0, 0.05) is 37.0 Å². The van der Waals surface area contributed by atoms with Gasteiger partial charge in [-0.15, -0.1) is 0 Å². The number of hydrogen-bond donors (Lipinski definition) is 1. The van der Waals surface area contributed by atoms with Crippen LogP contribution in [0.4, 0.5) is 0 Å². The van der Waals surface area contributed by atoms with E-state index in [1.807, 2.05) is 13.0 Å². The molecule has 2 aliphatic heterocycles. The molecule has 0 bridgehead atoms. The lowest BCUT2D eigenvalue weighted by Crippen LogP contribution is -2.55. The maximum atomic E-state index is 12.7. The van der Waals surface area contributed by atoms with Crippen molar-refractivity contribution in [2.24, 2.45) is 0 Å². The second kappa shape index (κ2) is 7.59. The molecule has 2 fully saturated rings. The number of ketones is 1. The van der Waals surface area contributed by atoms with Crippen LogP contribution in [0.15, 0.2) is 12.1 Å². The number of Topliss-reactive ketones (excluding diaryl/α,β-unsaturated/α-hetero) is 1. The van der Waals surface area contributed by atoms with Crippen LogP contribution in [-0.4, -0.2) is 40.5 Å². The summed E-state index contributed by atoms with van der Waals surface area (Å²) in [4.78, 5) is 15.0. The number of carbonyl (C=O) groups excluding carboxylic acids is 1. The van der Waals surface area contributed by atoms with Gasteiger partial charge in [0.05, 0.1) is 12.0 Å². The van der Waals surface area contributed by atoms with Crippen molar-refractivity contribution in [1.29, 1.82) is 0 Å². The number of benzene rings is 1. The highest BCUT2D eigenvalue weighted by Crippen LogP contribution is 2.41. The zero-order valence-corrected chi connectivity index (χ0v) is 17.4. The van der Waals surface area contributed by atoms with Crippen LogP contribution in [0, 0.1) is 6.92 Å². The van der Waals surface area contributed by atoms with E-state index in [0.717, 1.165) is 36.6 Å². The van der Waals surface area contributed by atoms with Gasteiger partial charge in [-0.3, -0.25) is 4.79 Å². The van der Waals surface area contributed by atoms with E-state index in [4.69, 9.17) is 28.6 Å². The van der Waals surface area contributed by atoms with Crippen molar-refractivity contribution in [3.63, 3.8) is 0 Å². The zero-order chi connectivity index (χ0) is 19.0. The molecule has 1 aromatic carbocycles. The number of ether oxygens (including phenoxy) is 1. The largest absolute Gasteiger partial charge is 0.486 e. The summed E-state index contributed by atoms with van der Waals surface area (Å²) in [5.41, 5.74) is 1.16. The van der Waals surface area contributed by atoms with E-state index in [1.165, 1.54) is 32.1 Å². The number of fused-ring (bicyclic) bond motifs is 1. The zero-order valence-electron chi connectivity index (χ0n) is 15.9. The molecular weight excluding hydrogens is 380 g/mol. The lowest BCUT2D eigenvalue weighted by molar-refractivity contribution is 0.00345. The molecule has 1 saturated carbocycles. The van der Waals surface area contributed by atoms with Gasteiger partial charge in [-0.1, -0.05) is 30.9 Å². The molecule has 1 saturated heterocycles. The Morgan fingerprint density at radius 1 is 1.26 bits per heavy atom. The predicted octanol–water partition coefficient (Wildman–Crippen LogP) is 4.66. The van der Waals surface area contributed by atoms with Crippen molar-refractivity contribution < 1.29 is 9.53 Å². The highest BCUT2D eigenvalue weighted by Gasteiger charge is 2.43. The number of hydrogen-bond acceptors (Lipinski definition) is 3. The molecule has 2 heterocycles. The van der Waals surface area contributed by atoms with Crippen LogP contribution in [0.25, 0.3) is 0 Å². The van der Waals surface area contributed by atoms with Crippen molar-refractivity contribution in [1.82, 2.24) is 10.2 Å². The highest BCUT2D eigenvalue weighted by atomic mass is 35.5. The van der Waals surface area contributed by atoms with Gasteiger partial charge in [0.15, 0.2) is 10.9 Å². The van der Waals surface area contributed by atoms with Crippen LogP contribution >= 0.6 is 23.8 Å². The SMILES string of the molecule is Cc1cc2c(cc1Cl)C(=O)CC1(CCN(C(=S)NC3CCCCC3)CC1)O2. The summed E-state index contributed by atoms with van der Waals surface area (Å²) in [5, 5.41) is 5.04. The molecule has 4 nitrogen and oxygen atoms in total. The van der Waals surface area contributed by atoms with Crippen LogP contribution < -0.4 is 10.1 Å². The van der Waals surface area contributed by atoms with Gasteiger partial charge < -0.3 is 15.0 Å². The fourth-order valence-corrected chi connectivity index (χ4v) is 5.04. The van der Waals surface area contributed by atoms with Crippen LogP contribution in [0.5, 0.6) is 5.75 Å². The van der Waals surface area contributed by atoms with Gasteiger partial charge in [-0.25, -0.2) is 0 Å². The quantitative estimate of drug-likeness (QED) is 0.687. The Balaban J connectivity index is 1.40. The molecule has 27 heavy (non-hydrogen) atoms. The summed E-state index contributed by atoms with van der Waals surface area (Å²) in [5.74, 6) is 0.819. The third-order valence-corrected chi connectivity index (χ3v) is 7.05. The van der Waals surface area contributed by atoms with E-state index < -0.39 is 5.60 Å². The first-order chi connectivity index (χ1) is 13.0. The van der Waals surface area contributed by atoms with Crippen molar-refractivity contribution in [3.8, 4) is 5.75 Å². The molecule has 0 aromatic heterocycles. The normalized spacial score (nSPS) is 22.3. The second-order valence-corrected chi connectivity index (χ2v) is 9.05. The summed E-state index contributed by atoms with van der Waals surface area (Å²) >= 11 is 11.8. The molecule has 3 aliphatic rings. The minimum atomic E-state index is -0.401. The number of likely N-dealkylation sites (tertiary alicyclic amines) is 1. The minimum absolute atomic E-state index is 0.134. The van der Waals surface area contributed by atoms with Crippen molar-refractivity contribution in [3.05, 3.63) is 28.3 Å². The molecule has 4 rings (SSSR count). The number of halogens is 1. The Morgan fingerprint density at radius 2 is 1.96 bits per heavy atom. The van der Waals surface area contributed by atoms with Crippen molar-refractivity contribution in [2.45, 2.75) is 69.9 Å². The van der Waals surface area contributed by atoms with E-state index in [9.17, 15) is 4.79 Å². The maximum absolute atomic E-state index is 12.7. The molecule has 1 N–H and O–H groups in total. The Morgan fingerprint density at radius 3 is 2.67 bits per heavy atom. The Bertz CT molecular complexity index is 753. The lowest BCUT2D eigenvalue weighted by atomic mass is 9.82. The monoisotopic (exact) mass is 406 g/mol. The molecular formula is C21H27ClN2O2S. The van der Waals surface area contributed by atoms with Crippen LogP contribution in [0.3, 0.4) is 0 Å². The minimum Gasteiger partial charge on any atom is -0.486 e. The second-order valence-electron chi connectivity index (χ2n) is 8.25. The van der Waals surface area contributed by atoms with E-state index in [1.54, 1.807) is 6.07 Å². The number of carbonyl (C=O) groups is 1. The molecule has 0 atom stereocenters. The van der Waals surface area contributed by atoms with Crippen LogP contribution in [0.1, 0.15) is 67.3 Å². The van der Waals surface area contributed by atoms with Gasteiger partial charge in [-0.05, 0) is 49.7 Å². The molecule has 1 spiro atoms. The summed E-state index contributed by atoms with van der Waals surface area (Å²) in [6.07, 6.45) is 8.41. The molecule has 1 aliphatic carbocycles. The number of rotatable bonds is 1. The van der Waals surface area contributed by atoms with E-state index >= 15 is 0 Å². The smallest absolute Gasteiger partial charge is 0.170 e. The van der Waals surface area contributed by atoms with Gasteiger partial charge in [0.1, 0.15) is 11.4 Å². The first-order valence-electron chi connectivity index (χ1n) is 10.0. The Kier molecular flexibility index (Phi) is 5.34. The molecule has 1 aromatic rings. The average Bonchev–Trinajstić information content (AvgIpc) is 2.65. The van der Waals surface area contributed by atoms with E-state index in [-0.39, 0.29) is 5.78 Å². The maximum Gasteiger partial charge on any atom is 0.170 e. The standard InChI is InChI=1S/C21H27ClN2O2S/c1-14-11-19-16(12-17(14)22)18(25)13-21(26-19)7-9-24(10-8-21)20(27)23-15-5-3-2-4-6-15/h11-12,15H,2-10,13H2,1H3,(H,23,27). The van der Waals surface area contributed by atoms with E-state index in [0.29, 0.717) is 28.8 Å². The fourth-order valence-electron chi connectivity index (χ4n) is 4.52. The molecule has 0 amide bonds. The molecule has 6 heteroatoms. The fraction of sp³-hybridized carbons (Fsp3) is 0.619. The van der Waals surface area contributed by atoms with E-state index in [2.05, 4.69) is 10.2 Å². The van der Waals surface area contributed by atoms with Gasteiger partial charge in [0.25, 0.3) is 0 Å². The first kappa shape index (κ1) is 19.0. The lowest BCUT2D eigenvalue weighted by Gasteiger charge is -2.45. The number of nitrogens with one attached hydrogen (secondary N) is 1. The third kappa shape index (κ3) is 3.95. The third-order valence-electron chi connectivity index (χ3n) is 6.27. The van der Waals surface area contributed by atoms with Crippen LogP contribution in [-0.2, 0) is 0 Å². The first-order valence-corrected chi connectivity index (χ1v) is 10.8. The molecule has 146 valence electrons. The van der Waals surface area contributed by atoms with Gasteiger partial charge in [0.2, 0.25) is 0 Å². The van der Waals surface area contributed by atoms with Crippen molar-refractivity contribution in [2.75, 3.05) is 13.1 Å². The van der Waals surface area contributed by atoms with Gasteiger partial charge >= 0.3 is 0 Å². The Hall–Kier alpha value is -1.33. The van der Waals surface area contributed by atoms with Gasteiger partial charge in [-0.2, -0.15) is 0 Å². The number of aryl methyl sites for hydroxylation is 1. The topological polar surface area (TPSA) is 41.6 Å². The summed E-state index contributed by atoms with van der Waals surface area (Å²) in [6.45, 7) is 3.59. The highest BCUT2D eigenvalue weighted by molar-refractivity contribution is 7.80. The Labute approximate surface area is 171 Å². The number of nitrogens with zero attached hydrogens (tertiary/aromatic N) is 1. The average molecular weight is 407 g/mol. The summed E-state index contributed by atoms with van der Waals surface area (Å²) in [7, 11) is 0. The van der Waals surface area contributed by atoms with Crippen LogP contribution in [0.2, 0.25) is 5.02 Å². The van der Waals surface area contributed by atoms with Crippen molar-refractivity contribution >= 4 is 34.7 Å². The summed E-state index contributed by atoms with van der Waals surface area (Å²) < 4.78 is 6.37. The summed E-state index contributed by atoms with van der Waals surface area (Å²) in [6, 6.07) is 4.17. The molecule has 0 radical (unpaired) electrons. The number of thiocarbonyl (C=S) groups is 1. The predicted molar refractivity (Wildman–Crippen MR) is 112 cm³/mol. The number of piperidine rings is 1. The molecule has 0 unspecified atom stereocenters.